The summed E-state index contributed by atoms with van der Waals surface area (Å²) in [5, 5.41) is 1.09. The number of anilines is 3. The van der Waals surface area contributed by atoms with Gasteiger partial charge in [-0.2, -0.15) is 0 Å². The molecule has 7 aromatic rings. The van der Waals surface area contributed by atoms with Crippen LogP contribution in [0.5, 0.6) is 0 Å². The van der Waals surface area contributed by atoms with Gasteiger partial charge in [-0.3, -0.25) is 0 Å². The Morgan fingerprint density at radius 3 is 1.60 bits per heavy atom. The molecule has 0 atom stereocenters. The number of para-hydroxylation sites is 3. The number of rotatable bonds is 6. The molecule has 0 fully saturated rings. The molecule has 1 heterocycles. The van der Waals surface area contributed by atoms with Crippen LogP contribution in [-0.2, 0) is 0 Å². The molecule has 0 aliphatic heterocycles. The number of hydrogen-bond donors (Lipinski definition) is 0. The zero-order valence-electron chi connectivity index (χ0n) is 21.9. The van der Waals surface area contributed by atoms with Crippen molar-refractivity contribution in [2.24, 2.45) is 0 Å². The summed E-state index contributed by atoms with van der Waals surface area (Å²) in [6.45, 7) is 0. The zero-order valence-corrected chi connectivity index (χ0v) is 21.9. The molecule has 1 aromatic heterocycles. The van der Waals surface area contributed by atoms with E-state index < -0.39 is 0 Å². The van der Waals surface area contributed by atoms with Gasteiger partial charge in [-0.25, -0.2) is 0 Å². The quantitative estimate of drug-likeness (QED) is 0.220. The van der Waals surface area contributed by atoms with E-state index in [1.54, 1.807) is 0 Å². The van der Waals surface area contributed by atoms with E-state index in [1.165, 1.54) is 22.3 Å². The number of benzene rings is 6. The van der Waals surface area contributed by atoms with Gasteiger partial charge in [0.25, 0.3) is 0 Å². The van der Waals surface area contributed by atoms with Crippen LogP contribution in [0.4, 0.5) is 17.1 Å². The fourth-order valence-electron chi connectivity index (χ4n) is 5.33. The molecule has 0 N–H and O–H groups in total. The standard InChI is InChI=1S/C38H27NO/c1-4-14-28(15-5-1)31-24-32(29-16-6-2-7-17-29)26-34(25-31)39(33-19-8-3-9-20-33)36-22-12-11-21-35(36)38-27-30-18-10-13-23-37(30)40-38/h1-27H. The lowest BCUT2D eigenvalue weighted by molar-refractivity contribution is 0.631. The van der Waals surface area contributed by atoms with Crippen molar-refractivity contribution in [1.82, 2.24) is 0 Å². The molecular weight excluding hydrogens is 486 g/mol. The van der Waals surface area contributed by atoms with Gasteiger partial charge in [0.05, 0.1) is 5.69 Å². The average molecular weight is 514 g/mol. The summed E-state index contributed by atoms with van der Waals surface area (Å²) in [5.74, 6) is 0.847. The molecule has 2 nitrogen and oxygen atoms in total. The normalized spacial score (nSPS) is 11.0. The molecule has 0 radical (unpaired) electrons. The first-order chi connectivity index (χ1) is 19.8. The van der Waals surface area contributed by atoms with Crippen molar-refractivity contribution in [3.8, 4) is 33.6 Å². The first kappa shape index (κ1) is 23.8. The van der Waals surface area contributed by atoms with Crippen molar-refractivity contribution in [3.63, 3.8) is 0 Å². The zero-order chi connectivity index (χ0) is 26.7. The molecular formula is C38H27NO. The highest BCUT2D eigenvalue weighted by atomic mass is 16.3. The monoisotopic (exact) mass is 513 g/mol. The molecule has 190 valence electrons. The molecule has 0 aliphatic rings. The van der Waals surface area contributed by atoms with Gasteiger partial charge in [-0.15, -0.1) is 0 Å². The van der Waals surface area contributed by atoms with Crippen molar-refractivity contribution < 1.29 is 4.42 Å². The first-order valence-electron chi connectivity index (χ1n) is 13.5. The lowest BCUT2D eigenvalue weighted by atomic mass is 9.97. The number of furan rings is 1. The fourth-order valence-corrected chi connectivity index (χ4v) is 5.33. The molecule has 0 bridgehead atoms. The van der Waals surface area contributed by atoms with Gasteiger partial charge in [0, 0.05) is 22.3 Å². The summed E-state index contributed by atoms with van der Waals surface area (Å²) >= 11 is 0. The Balaban J connectivity index is 1.48. The first-order valence-corrected chi connectivity index (χ1v) is 13.5. The summed E-state index contributed by atoms with van der Waals surface area (Å²) in [4.78, 5) is 2.33. The van der Waals surface area contributed by atoms with E-state index in [-0.39, 0.29) is 0 Å². The predicted octanol–water partition coefficient (Wildman–Crippen LogP) is 10.9. The van der Waals surface area contributed by atoms with E-state index >= 15 is 0 Å². The second-order valence-electron chi connectivity index (χ2n) is 9.84. The van der Waals surface area contributed by atoms with Crippen molar-refractivity contribution in [2.75, 3.05) is 4.90 Å². The molecule has 6 aromatic carbocycles. The highest BCUT2D eigenvalue weighted by Gasteiger charge is 2.20. The number of hydrogen-bond acceptors (Lipinski definition) is 2. The smallest absolute Gasteiger partial charge is 0.137 e. The Labute approximate surface area is 234 Å². The summed E-state index contributed by atoms with van der Waals surface area (Å²) in [7, 11) is 0. The third-order valence-electron chi connectivity index (χ3n) is 7.24. The molecule has 0 unspecified atom stereocenters. The van der Waals surface area contributed by atoms with Crippen LogP contribution in [-0.4, -0.2) is 0 Å². The molecule has 2 heteroatoms. The average Bonchev–Trinajstić information content (AvgIpc) is 3.47. The maximum atomic E-state index is 6.38. The minimum absolute atomic E-state index is 0.847. The topological polar surface area (TPSA) is 16.4 Å². The van der Waals surface area contributed by atoms with Crippen LogP contribution >= 0.6 is 0 Å². The second-order valence-corrected chi connectivity index (χ2v) is 9.84. The lowest BCUT2D eigenvalue weighted by Gasteiger charge is -2.28. The summed E-state index contributed by atoms with van der Waals surface area (Å²) in [6, 6.07) is 57.4. The van der Waals surface area contributed by atoms with E-state index in [0.717, 1.165) is 39.4 Å². The van der Waals surface area contributed by atoms with Gasteiger partial charge < -0.3 is 9.32 Å². The third kappa shape index (κ3) is 4.57. The highest BCUT2D eigenvalue weighted by Crippen LogP contribution is 2.44. The lowest BCUT2D eigenvalue weighted by Crippen LogP contribution is -2.11. The minimum Gasteiger partial charge on any atom is -0.456 e. The van der Waals surface area contributed by atoms with Crippen LogP contribution < -0.4 is 4.90 Å². The second kappa shape index (κ2) is 10.4. The minimum atomic E-state index is 0.847. The van der Waals surface area contributed by atoms with Crippen molar-refractivity contribution in [1.29, 1.82) is 0 Å². The van der Waals surface area contributed by atoms with Gasteiger partial charge in [-0.1, -0.05) is 109 Å². The van der Waals surface area contributed by atoms with E-state index in [4.69, 9.17) is 4.42 Å². The van der Waals surface area contributed by atoms with Crippen LogP contribution in [0.1, 0.15) is 0 Å². The van der Waals surface area contributed by atoms with Crippen molar-refractivity contribution >= 4 is 28.0 Å². The number of fused-ring (bicyclic) bond motifs is 1. The molecule has 0 saturated heterocycles. The summed E-state index contributed by atoms with van der Waals surface area (Å²) in [6.07, 6.45) is 0. The summed E-state index contributed by atoms with van der Waals surface area (Å²) < 4.78 is 6.38. The van der Waals surface area contributed by atoms with Gasteiger partial charge >= 0.3 is 0 Å². The molecule has 0 spiro atoms. The molecule has 7 rings (SSSR count). The molecule has 40 heavy (non-hydrogen) atoms. The Bertz CT molecular complexity index is 1800. The maximum Gasteiger partial charge on any atom is 0.137 e. The molecule has 0 aliphatic carbocycles. The van der Waals surface area contributed by atoms with Crippen LogP contribution in [0.2, 0.25) is 0 Å². The maximum absolute atomic E-state index is 6.38. The molecule has 0 amide bonds. The summed E-state index contributed by atoms with van der Waals surface area (Å²) in [5.41, 5.74) is 9.82. The van der Waals surface area contributed by atoms with E-state index in [1.807, 2.05) is 18.2 Å². The van der Waals surface area contributed by atoms with Crippen LogP contribution in [0.15, 0.2) is 168 Å². The SMILES string of the molecule is c1ccc(-c2cc(-c3ccccc3)cc(N(c3ccccc3)c3ccccc3-c3cc4ccccc4o3)c2)cc1. The van der Waals surface area contributed by atoms with Gasteiger partial charge in [-0.05, 0) is 76.9 Å². The predicted molar refractivity (Wildman–Crippen MR) is 167 cm³/mol. The van der Waals surface area contributed by atoms with Crippen molar-refractivity contribution in [3.05, 3.63) is 164 Å². The Morgan fingerprint density at radius 2 is 0.950 bits per heavy atom. The van der Waals surface area contributed by atoms with Crippen LogP contribution in [0.3, 0.4) is 0 Å². The van der Waals surface area contributed by atoms with Crippen LogP contribution in [0, 0.1) is 0 Å². The van der Waals surface area contributed by atoms with E-state index in [2.05, 4.69) is 150 Å². The fraction of sp³-hybridized carbons (Fsp3) is 0. The van der Waals surface area contributed by atoms with Gasteiger partial charge in [0.1, 0.15) is 11.3 Å². The Morgan fingerprint density at radius 1 is 0.400 bits per heavy atom. The van der Waals surface area contributed by atoms with E-state index in [0.29, 0.717) is 0 Å². The Kier molecular flexibility index (Phi) is 6.20. The van der Waals surface area contributed by atoms with E-state index in [9.17, 15) is 0 Å². The van der Waals surface area contributed by atoms with Crippen molar-refractivity contribution in [2.45, 2.75) is 0 Å². The van der Waals surface area contributed by atoms with Gasteiger partial charge in [0.2, 0.25) is 0 Å². The number of nitrogens with zero attached hydrogens (tertiary/aromatic N) is 1. The Hall–Kier alpha value is -5.34. The highest BCUT2D eigenvalue weighted by molar-refractivity contribution is 5.92. The van der Waals surface area contributed by atoms with Gasteiger partial charge in [0.15, 0.2) is 0 Å². The molecule has 0 saturated carbocycles. The van der Waals surface area contributed by atoms with Crippen LogP contribution in [0.25, 0.3) is 44.5 Å². The largest absolute Gasteiger partial charge is 0.456 e. The third-order valence-corrected chi connectivity index (χ3v) is 7.24.